The van der Waals surface area contributed by atoms with Crippen LogP contribution in [0.5, 0.6) is 0 Å². The van der Waals surface area contributed by atoms with Gasteiger partial charge in [0.15, 0.2) is 12.4 Å². The van der Waals surface area contributed by atoms with E-state index in [0.29, 0.717) is 30.6 Å². The highest BCUT2D eigenvalue weighted by Crippen LogP contribution is 2.60. The van der Waals surface area contributed by atoms with Gasteiger partial charge in [0.1, 0.15) is 6.54 Å². The maximum atomic E-state index is 12.9. The molecule has 5 fully saturated rings. The molecule has 5 aliphatic carbocycles. The highest BCUT2D eigenvalue weighted by Gasteiger charge is 2.54. The van der Waals surface area contributed by atoms with Gasteiger partial charge >= 0.3 is 5.97 Å². The van der Waals surface area contributed by atoms with Crippen molar-refractivity contribution in [1.82, 2.24) is 4.90 Å². The highest BCUT2D eigenvalue weighted by atomic mass is 16.5. The van der Waals surface area contributed by atoms with Crippen LogP contribution in [0.15, 0.2) is 12.2 Å². The first kappa shape index (κ1) is 18.1. The summed E-state index contributed by atoms with van der Waals surface area (Å²) in [5, 5.41) is 0. The Morgan fingerprint density at radius 1 is 0.929 bits per heavy atom. The second-order valence-corrected chi connectivity index (χ2v) is 9.70. The average Bonchev–Trinajstić information content (AvgIpc) is 2.90. The molecule has 6 rings (SSSR count). The van der Waals surface area contributed by atoms with Crippen molar-refractivity contribution in [2.45, 2.75) is 51.4 Å². The van der Waals surface area contributed by atoms with Gasteiger partial charge in [-0.05, 0) is 69.1 Å². The Labute approximate surface area is 164 Å². The number of likely N-dealkylation sites (tertiary alicyclic amines) is 1. The molecule has 2 amide bonds. The summed E-state index contributed by atoms with van der Waals surface area (Å²) in [5.41, 5.74) is -0.297. The van der Waals surface area contributed by atoms with Crippen molar-refractivity contribution in [2.24, 2.45) is 35.0 Å². The van der Waals surface area contributed by atoms with Crippen LogP contribution < -0.4 is 0 Å². The van der Waals surface area contributed by atoms with E-state index in [9.17, 15) is 19.2 Å². The average molecular weight is 385 g/mol. The minimum atomic E-state index is -0.661. The van der Waals surface area contributed by atoms with Crippen molar-refractivity contribution in [3.05, 3.63) is 12.2 Å². The number of Topliss-reactive ketones (excluding diaryl/α,β-unsaturated/α-hetero) is 1. The van der Waals surface area contributed by atoms with Crippen LogP contribution in [0.4, 0.5) is 0 Å². The van der Waals surface area contributed by atoms with E-state index in [4.69, 9.17) is 4.74 Å². The van der Waals surface area contributed by atoms with E-state index >= 15 is 0 Å². The molecule has 0 aromatic heterocycles. The molecule has 0 aromatic rings. The maximum Gasteiger partial charge on any atom is 0.326 e. The van der Waals surface area contributed by atoms with Gasteiger partial charge in [0, 0.05) is 5.41 Å². The predicted molar refractivity (Wildman–Crippen MR) is 98.6 cm³/mol. The molecule has 4 bridgehead atoms. The van der Waals surface area contributed by atoms with Gasteiger partial charge in [-0.2, -0.15) is 0 Å². The van der Waals surface area contributed by atoms with Gasteiger partial charge in [-0.25, -0.2) is 0 Å². The molecule has 0 spiro atoms. The second kappa shape index (κ2) is 6.53. The van der Waals surface area contributed by atoms with Crippen LogP contribution in [0.3, 0.4) is 0 Å². The van der Waals surface area contributed by atoms with E-state index in [2.05, 4.69) is 0 Å². The number of ketones is 1. The van der Waals surface area contributed by atoms with Crippen molar-refractivity contribution in [3.8, 4) is 0 Å². The lowest BCUT2D eigenvalue weighted by Gasteiger charge is -2.55. The highest BCUT2D eigenvalue weighted by molar-refractivity contribution is 6.07. The van der Waals surface area contributed by atoms with Gasteiger partial charge in [0.2, 0.25) is 11.8 Å². The summed E-state index contributed by atoms with van der Waals surface area (Å²) < 4.78 is 5.26. The second-order valence-electron chi connectivity index (χ2n) is 9.70. The number of allylic oxidation sites excluding steroid dienone is 2. The van der Waals surface area contributed by atoms with Crippen molar-refractivity contribution in [2.75, 3.05) is 13.2 Å². The van der Waals surface area contributed by atoms with E-state index in [0.717, 1.165) is 24.2 Å². The molecular formula is C22H27NO5. The number of esters is 1. The molecule has 2 atom stereocenters. The van der Waals surface area contributed by atoms with Gasteiger partial charge < -0.3 is 4.74 Å². The third kappa shape index (κ3) is 2.83. The summed E-state index contributed by atoms with van der Waals surface area (Å²) in [7, 11) is 0. The van der Waals surface area contributed by atoms with Crippen LogP contribution in [-0.4, -0.2) is 41.6 Å². The minimum Gasteiger partial charge on any atom is -0.456 e. The van der Waals surface area contributed by atoms with Gasteiger partial charge in [-0.3, -0.25) is 24.1 Å². The zero-order chi connectivity index (χ0) is 19.5. The normalized spacial score (nSPS) is 40.7. The lowest BCUT2D eigenvalue weighted by Crippen LogP contribution is -2.51. The Morgan fingerprint density at radius 2 is 1.43 bits per heavy atom. The first-order valence-corrected chi connectivity index (χ1v) is 10.6. The Kier molecular flexibility index (Phi) is 4.21. The molecule has 1 saturated heterocycles. The smallest absolute Gasteiger partial charge is 0.326 e. The van der Waals surface area contributed by atoms with Crippen LogP contribution in [0.2, 0.25) is 0 Å². The molecule has 0 aromatic carbocycles. The molecule has 6 nitrogen and oxygen atoms in total. The number of amides is 2. The first-order chi connectivity index (χ1) is 13.4. The van der Waals surface area contributed by atoms with Crippen LogP contribution in [0.25, 0.3) is 0 Å². The number of fused-ring (bicyclic) bond motifs is 1. The Morgan fingerprint density at radius 3 is 1.93 bits per heavy atom. The Hall–Kier alpha value is -1.98. The van der Waals surface area contributed by atoms with Crippen LogP contribution in [0.1, 0.15) is 51.4 Å². The number of hydrogen-bond acceptors (Lipinski definition) is 5. The Bertz CT molecular complexity index is 708. The summed E-state index contributed by atoms with van der Waals surface area (Å²) in [5.74, 6) is 0.0710. The zero-order valence-electron chi connectivity index (χ0n) is 16.1. The quantitative estimate of drug-likeness (QED) is 0.412. The topological polar surface area (TPSA) is 80.8 Å². The molecule has 1 aliphatic heterocycles. The molecule has 0 N–H and O–H groups in total. The summed E-state index contributed by atoms with van der Waals surface area (Å²) in [6.07, 6.45) is 11.5. The molecule has 0 radical (unpaired) electrons. The lowest BCUT2D eigenvalue weighted by molar-refractivity contribution is -0.160. The SMILES string of the molecule is O=C(CN1C(=O)[C@@H]2CC=CC[C@H]2C1=O)OCC(=O)C12CC3CC(CC(C3)C1)C2. The molecule has 6 heteroatoms. The van der Waals surface area contributed by atoms with Crippen molar-refractivity contribution in [1.29, 1.82) is 0 Å². The largest absolute Gasteiger partial charge is 0.456 e. The molecule has 150 valence electrons. The molecular weight excluding hydrogens is 358 g/mol. The molecule has 28 heavy (non-hydrogen) atoms. The van der Waals surface area contributed by atoms with Gasteiger partial charge in [0.25, 0.3) is 0 Å². The van der Waals surface area contributed by atoms with E-state index in [-0.39, 0.29) is 48.0 Å². The van der Waals surface area contributed by atoms with Crippen molar-refractivity contribution >= 4 is 23.6 Å². The maximum absolute atomic E-state index is 12.9. The third-order valence-electron chi connectivity index (χ3n) is 7.88. The van der Waals surface area contributed by atoms with Crippen molar-refractivity contribution < 1.29 is 23.9 Å². The summed E-state index contributed by atoms with van der Waals surface area (Å²) >= 11 is 0. The summed E-state index contributed by atoms with van der Waals surface area (Å²) in [6.45, 7) is -0.603. The van der Waals surface area contributed by atoms with Gasteiger partial charge in [-0.15, -0.1) is 0 Å². The first-order valence-electron chi connectivity index (χ1n) is 10.6. The third-order valence-corrected chi connectivity index (χ3v) is 7.88. The fourth-order valence-corrected chi connectivity index (χ4v) is 6.95. The molecule has 4 saturated carbocycles. The van der Waals surface area contributed by atoms with Crippen molar-refractivity contribution in [3.63, 3.8) is 0 Å². The zero-order valence-corrected chi connectivity index (χ0v) is 16.1. The van der Waals surface area contributed by atoms with E-state index in [1.54, 1.807) is 0 Å². The number of hydrogen-bond donors (Lipinski definition) is 0. The fourth-order valence-electron chi connectivity index (χ4n) is 6.95. The standard InChI is InChI=1S/C22H27NO5/c24-18(22-8-13-5-14(9-22)7-15(6-13)10-22)12-28-19(25)11-23-20(26)16-3-1-2-4-17(16)21(23)27/h1-2,13-17H,3-12H2/t13?,14?,15?,16-,17-,22?/m1/s1. The van der Waals surface area contributed by atoms with E-state index in [1.165, 1.54) is 19.3 Å². The van der Waals surface area contributed by atoms with Gasteiger partial charge in [-0.1, -0.05) is 12.2 Å². The van der Waals surface area contributed by atoms with Gasteiger partial charge in [0.05, 0.1) is 11.8 Å². The fraction of sp³-hybridized carbons (Fsp3) is 0.727. The Balaban J connectivity index is 1.18. The summed E-state index contributed by atoms with van der Waals surface area (Å²) in [4.78, 5) is 51.2. The lowest BCUT2D eigenvalue weighted by atomic mass is 9.48. The number of ether oxygens (including phenoxy) is 1. The minimum absolute atomic E-state index is 0.0388. The summed E-state index contributed by atoms with van der Waals surface area (Å²) in [6, 6.07) is 0. The molecule has 1 heterocycles. The number of carbonyl (C=O) groups is 4. The van der Waals surface area contributed by atoms with Crippen LogP contribution in [0, 0.1) is 35.0 Å². The van der Waals surface area contributed by atoms with E-state index in [1.807, 2.05) is 12.2 Å². The number of imide groups is 1. The molecule has 6 aliphatic rings. The number of carbonyl (C=O) groups excluding carboxylic acids is 4. The predicted octanol–water partition coefficient (Wildman–Crippen LogP) is 2.27. The van der Waals surface area contributed by atoms with E-state index < -0.39 is 5.97 Å². The van der Waals surface area contributed by atoms with Crippen LogP contribution in [-0.2, 0) is 23.9 Å². The number of rotatable bonds is 5. The van der Waals surface area contributed by atoms with Crippen LogP contribution >= 0.6 is 0 Å². The monoisotopic (exact) mass is 385 g/mol. The number of nitrogens with zero attached hydrogens (tertiary/aromatic N) is 1. The molecule has 0 unspecified atom stereocenters.